The molecule has 106 valence electrons. The highest BCUT2D eigenvalue weighted by Gasteiger charge is 2.08. The van der Waals surface area contributed by atoms with E-state index >= 15 is 0 Å². The summed E-state index contributed by atoms with van der Waals surface area (Å²) in [7, 11) is 0. The summed E-state index contributed by atoms with van der Waals surface area (Å²) in [6.07, 6.45) is 1.66. The van der Waals surface area contributed by atoms with Crippen molar-refractivity contribution in [3.63, 3.8) is 0 Å². The fraction of sp³-hybridized carbons (Fsp3) is 0.312. The Morgan fingerprint density at radius 3 is 2.70 bits per heavy atom. The monoisotopic (exact) mass is 288 g/mol. The van der Waals surface area contributed by atoms with Gasteiger partial charge in [-0.25, -0.2) is 0 Å². The van der Waals surface area contributed by atoms with Crippen molar-refractivity contribution in [3.05, 3.63) is 59.0 Å². The Hall–Kier alpha value is -1.81. The summed E-state index contributed by atoms with van der Waals surface area (Å²) in [5.74, 6) is 0.869. The third kappa shape index (κ3) is 3.84. The van der Waals surface area contributed by atoms with Crippen LogP contribution >= 0.6 is 12.2 Å². The lowest BCUT2D eigenvalue weighted by atomic mass is 10.0. The average molecular weight is 288 g/mol. The largest absolute Gasteiger partial charge is 0.467 e. The molecule has 1 aromatic carbocycles. The zero-order chi connectivity index (χ0) is 14.5. The summed E-state index contributed by atoms with van der Waals surface area (Å²) in [4.78, 5) is 0. The first-order chi connectivity index (χ1) is 9.56. The SMILES string of the molecule is Cc1ccc(C(C)NC(=S)NCc2ccco2)cc1C. The number of benzene rings is 1. The fourth-order valence-corrected chi connectivity index (χ4v) is 2.19. The standard InChI is InChI=1S/C16H20N2OS/c1-11-6-7-14(9-12(11)2)13(3)18-16(20)17-10-15-5-4-8-19-15/h4-9,13H,10H2,1-3H3,(H2,17,18,20). The summed E-state index contributed by atoms with van der Waals surface area (Å²) in [5, 5.41) is 7.05. The van der Waals surface area contributed by atoms with Gasteiger partial charge in [0.1, 0.15) is 5.76 Å². The normalized spacial score (nSPS) is 11.9. The molecule has 20 heavy (non-hydrogen) atoms. The van der Waals surface area contributed by atoms with Gasteiger partial charge in [0.05, 0.1) is 18.8 Å². The van der Waals surface area contributed by atoms with E-state index in [9.17, 15) is 0 Å². The maximum atomic E-state index is 5.30. The van der Waals surface area contributed by atoms with Gasteiger partial charge in [0.2, 0.25) is 0 Å². The topological polar surface area (TPSA) is 37.2 Å². The van der Waals surface area contributed by atoms with Crippen LogP contribution in [0.25, 0.3) is 0 Å². The van der Waals surface area contributed by atoms with Crippen molar-refractivity contribution in [1.82, 2.24) is 10.6 Å². The molecular weight excluding hydrogens is 268 g/mol. The maximum absolute atomic E-state index is 5.30. The van der Waals surface area contributed by atoms with Crippen molar-refractivity contribution in [1.29, 1.82) is 0 Å². The van der Waals surface area contributed by atoms with Crippen molar-refractivity contribution in [3.8, 4) is 0 Å². The lowest BCUT2D eigenvalue weighted by Crippen LogP contribution is -2.36. The van der Waals surface area contributed by atoms with Crippen LogP contribution < -0.4 is 10.6 Å². The van der Waals surface area contributed by atoms with E-state index in [2.05, 4.69) is 49.6 Å². The van der Waals surface area contributed by atoms with E-state index in [0.717, 1.165) is 5.76 Å². The van der Waals surface area contributed by atoms with Gasteiger partial charge in [-0.2, -0.15) is 0 Å². The summed E-state index contributed by atoms with van der Waals surface area (Å²) >= 11 is 5.30. The third-order valence-electron chi connectivity index (χ3n) is 3.38. The van der Waals surface area contributed by atoms with Crippen molar-refractivity contribution >= 4 is 17.3 Å². The number of thiocarbonyl (C=S) groups is 1. The molecule has 1 unspecified atom stereocenters. The van der Waals surface area contributed by atoms with Crippen LogP contribution in [0.5, 0.6) is 0 Å². The predicted molar refractivity (Wildman–Crippen MR) is 85.6 cm³/mol. The summed E-state index contributed by atoms with van der Waals surface area (Å²) in [6.45, 7) is 6.94. The molecule has 3 nitrogen and oxygen atoms in total. The van der Waals surface area contributed by atoms with Gasteiger partial charge in [-0.15, -0.1) is 0 Å². The zero-order valence-corrected chi connectivity index (χ0v) is 12.9. The summed E-state index contributed by atoms with van der Waals surface area (Å²) in [5.41, 5.74) is 3.83. The third-order valence-corrected chi connectivity index (χ3v) is 3.64. The van der Waals surface area contributed by atoms with E-state index in [1.165, 1.54) is 16.7 Å². The van der Waals surface area contributed by atoms with E-state index in [1.807, 2.05) is 12.1 Å². The average Bonchev–Trinajstić information content (AvgIpc) is 2.92. The highest BCUT2D eigenvalue weighted by molar-refractivity contribution is 7.80. The van der Waals surface area contributed by atoms with Crippen molar-refractivity contribution in [2.45, 2.75) is 33.4 Å². The fourth-order valence-electron chi connectivity index (χ4n) is 1.95. The van der Waals surface area contributed by atoms with Gasteiger partial charge in [0, 0.05) is 0 Å². The van der Waals surface area contributed by atoms with E-state index < -0.39 is 0 Å². The molecule has 0 aliphatic rings. The summed E-state index contributed by atoms with van der Waals surface area (Å²) in [6, 6.07) is 10.4. The number of aryl methyl sites for hydroxylation is 2. The van der Waals surface area contributed by atoms with E-state index in [0.29, 0.717) is 11.7 Å². The number of furan rings is 1. The Kier molecular flexibility index (Phi) is 4.79. The van der Waals surface area contributed by atoms with Gasteiger partial charge < -0.3 is 15.1 Å². The van der Waals surface area contributed by atoms with Crippen molar-refractivity contribution in [2.75, 3.05) is 0 Å². The van der Waals surface area contributed by atoms with Crippen LogP contribution in [0.15, 0.2) is 41.0 Å². The lowest BCUT2D eigenvalue weighted by molar-refractivity contribution is 0.501. The molecule has 0 spiro atoms. The molecule has 0 saturated carbocycles. The smallest absolute Gasteiger partial charge is 0.167 e. The molecule has 1 atom stereocenters. The van der Waals surface area contributed by atoms with Gasteiger partial charge in [0.15, 0.2) is 5.11 Å². The Morgan fingerprint density at radius 1 is 1.25 bits per heavy atom. The Labute approximate surface area is 125 Å². The highest BCUT2D eigenvalue weighted by Crippen LogP contribution is 2.16. The van der Waals surface area contributed by atoms with Crippen LogP contribution in [0.1, 0.15) is 35.4 Å². The molecule has 0 amide bonds. The van der Waals surface area contributed by atoms with Crippen LogP contribution in [0, 0.1) is 13.8 Å². The molecule has 2 N–H and O–H groups in total. The molecule has 2 rings (SSSR count). The van der Waals surface area contributed by atoms with E-state index in [-0.39, 0.29) is 6.04 Å². The second-order valence-corrected chi connectivity index (χ2v) is 5.38. The lowest BCUT2D eigenvalue weighted by Gasteiger charge is -2.18. The number of hydrogen-bond acceptors (Lipinski definition) is 2. The molecule has 0 bridgehead atoms. The minimum atomic E-state index is 0.172. The van der Waals surface area contributed by atoms with Crippen molar-refractivity contribution in [2.24, 2.45) is 0 Å². The minimum Gasteiger partial charge on any atom is -0.467 e. The molecule has 0 saturated heterocycles. The molecule has 0 aliphatic heterocycles. The summed E-state index contributed by atoms with van der Waals surface area (Å²) < 4.78 is 5.25. The zero-order valence-electron chi connectivity index (χ0n) is 12.1. The van der Waals surface area contributed by atoms with Crippen LogP contribution in [0.3, 0.4) is 0 Å². The van der Waals surface area contributed by atoms with Gasteiger partial charge in [-0.05, 0) is 61.8 Å². The van der Waals surface area contributed by atoms with E-state index in [4.69, 9.17) is 16.6 Å². The van der Waals surface area contributed by atoms with Gasteiger partial charge >= 0.3 is 0 Å². The van der Waals surface area contributed by atoms with Gasteiger partial charge in [-0.1, -0.05) is 18.2 Å². The van der Waals surface area contributed by atoms with Gasteiger partial charge in [0.25, 0.3) is 0 Å². The molecule has 0 radical (unpaired) electrons. The van der Waals surface area contributed by atoms with Crippen LogP contribution in [0.4, 0.5) is 0 Å². The molecular formula is C16H20N2OS. The molecule has 0 fully saturated rings. The molecule has 2 aromatic rings. The van der Waals surface area contributed by atoms with Crippen molar-refractivity contribution < 1.29 is 4.42 Å². The first kappa shape index (κ1) is 14.6. The first-order valence-corrected chi connectivity index (χ1v) is 7.11. The van der Waals surface area contributed by atoms with Gasteiger partial charge in [-0.3, -0.25) is 0 Å². The highest BCUT2D eigenvalue weighted by atomic mass is 32.1. The van der Waals surface area contributed by atoms with Crippen LogP contribution in [-0.2, 0) is 6.54 Å². The number of nitrogens with one attached hydrogen (secondary N) is 2. The number of rotatable bonds is 4. The number of hydrogen-bond donors (Lipinski definition) is 2. The van der Waals surface area contributed by atoms with Crippen LogP contribution in [0.2, 0.25) is 0 Å². The molecule has 0 aliphatic carbocycles. The van der Waals surface area contributed by atoms with E-state index in [1.54, 1.807) is 6.26 Å². The Bertz CT molecular complexity index is 578. The molecule has 1 aromatic heterocycles. The first-order valence-electron chi connectivity index (χ1n) is 6.70. The Morgan fingerprint density at radius 2 is 2.05 bits per heavy atom. The molecule has 1 heterocycles. The Balaban J connectivity index is 1.88. The second kappa shape index (κ2) is 6.57. The second-order valence-electron chi connectivity index (χ2n) is 4.97. The minimum absolute atomic E-state index is 0.172. The quantitative estimate of drug-likeness (QED) is 0.843. The maximum Gasteiger partial charge on any atom is 0.167 e. The van der Waals surface area contributed by atoms with Crippen LogP contribution in [-0.4, -0.2) is 5.11 Å². The molecule has 4 heteroatoms. The predicted octanol–water partition coefficient (Wildman–Crippen LogP) is 3.62.